The number of amides is 1. The molecule has 2 fully saturated rings. The molecule has 0 spiro atoms. The Labute approximate surface area is 106 Å². The number of rotatable bonds is 3. The molecule has 2 heterocycles. The van der Waals surface area contributed by atoms with E-state index in [1.165, 1.54) is 0 Å². The van der Waals surface area contributed by atoms with Crippen molar-refractivity contribution >= 4 is 11.9 Å². The monoisotopic (exact) mass is 256 g/mol. The molecule has 102 valence electrons. The van der Waals surface area contributed by atoms with Crippen molar-refractivity contribution in [1.29, 1.82) is 0 Å². The molecule has 0 bridgehead atoms. The van der Waals surface area contributed by atoms with E-state index in [1.54, 1.807) is 11.9 Å². The summed E-state index contributed by atoms with van der Waals surface area (Å²) >= 11 is 0. The van der Waals surface area contributed by atoms with Crippen molar-refractivity contribution < 1.29 is 19.4 Å². The Hall–Kier alpha value is -1.14. The Balaban J connectivity index is 2.08. The number of nitrogens with one attached hydrogen (secondary N) is 1. The van der Waals surface area contributed by atoms with Gasteiger partial charge in [-0.2, -0.15) is 0 Å². The van der Waals surface area contributed by atoms with Crippen LogP contribution in [0.15, 0.2) is 0 Å². The number of carbonyl (C=O) groups is 2. The Bertz CT molecular complexity index is 352. The first kappa shape index (κ1) is 13.3. The minimum Gasteiger partial charge on any atom is -0.481 e. The van der Waals surface area contributed by atoms with Gasteiger partial charge in [0.1, 0.15) is 5.92 Å². The molecule has 1 amide bonds. The van der Waals surface area contributed by atoms with Crippen molar-refractivity contribution in [2.24, 2.45) is 5.92 Å². The minimum atomic E-state index is -0.901. The number of carboxylic acids is 1. The summed E-state index contributed by atoms with van der Waals surface area (Å²) in [7, 11) is 1.67. The summed E-state index contributed by atoms with van der Waals surface area (Å²) in [6.07, 6.45) is 1.76. The predicted octanol–water partition coefficient (Wildman–Crippen LogP) is -0.313. The third-order valence-corrected chi connectivity index (χ3v) is 4.03. The average Bonchev–Trinajstić information content (AvgIpc) is 2.96. The van der Waals surface area contributed by atoms with Crippen molar-refractivity contribution in [2.75, 3.05) is 26.8 Å². The second-order valence-electron chi connectivity index (χ2n) is 5.33. The average molecular weight is 256 g/mol. The number of carboxylic acid groups (broad SMARTS) is 1. The number of nitrogens with zero attached hydrogens (tertiary/aromatic N) is 1. The first-order valence-corrected chi connectivity index (χ1v) is 6.28. The first-order valence-electron chi connectivity index (χ1n) is 6.28. The number of hydrogen-bond acceptors (Lipinski definition) is 4. The van der Waals surface area contributed by atoms with Crippen LogP contribution in [0.2, 0.25) is 0 Å². The molecule has 2 aliphatic heterocycles. The maximum atomic E-state index is 12.4. The van der Waals surface area contributed by atoms with Gasteiger partial charge in [0.2, 0.25) is 5.91 Å². The Morgan fingerprint density at radius 2 is 2.17 bits per heavy atom. The number of ether oxygens (including phenoxy) is 1. The third kappa shape index (κ3) is 2.22. The quantitative estimate of drug-likeness (QED) is 0.724. The van der Waals surface area contributed by atoms with Gasteiger partial charge in [-0.05, 0) is 26.3 Å². The van der Waals surface area contributed by atoms with Crippen molar-refractivity contribution in [3.05, 3.63) is 0 Å². The fraction of sp³-hybridized carbons (Fsp3) is 0.833. The standard InChI is InChI=1S/C12H20N2O4/c1-12(4-3-5-13-12)11(17)14(2)9-7-18-6-8(9)10(15)16/h8-9,13H,3-7H2,1-2H3,(H,15,16). The van der Waals surface area contributed by atoms with Gasteiger partial charge in [0.25, 0.3) is 0 Å². The molecule has 3 unspecified atom stereocenters. The molecular weight excluding hydrogens is 236 g/mol. The molecule has 6 nitrogen and oxygen atoms in total. The predicted molar refractivity (Wildman–Crippen MR) is 64.1 cm³/mol. The van der Waals surface area contributed by atoms with E-state index < -0.39 is 17.4 Å². The summed E-state index contributed by atoms with van der Waals surface area (Å²) in [4.78, 5) is 25.1. The van der Waals surface area contributed by atoms with Crippen LogP contribution in [0.5, 0.6) is 0 Å². The van der Waals surface area contributed by atoms with Gasteiger partial charge in [-0.1, -0.05) is 0 Å². The van der Waals surface area contributed by atoms with E-state index in [2.05, 4.69) is 5.32 Å². The van der Waals surface area contributed by atoms with Gasteiger partial charge >= 0.3 is 5.97 Å². The zero-order chi connectivity index (χ0) is 13.3. The number of aliphatic carboxylic acids is 1. The van der Waals surface area contributed by atoms with Gasteiger partial charge in [-0.3, -0.25) is 9.59 Å². The maximum Gasteiger partial charge on any atom is 0.311 e. The molecule has 18 heavy (non-hydrogen) atoms. The lowest BCUT2D eigenvalue weighted by Crippen LogP contribution is -2.56. The van der Waals surface area contributed by atoms with Crippen LogP contribution in [0.1, 0.15) is 19.8 Å². The topological polar surface area (TPSA) is 78.9 Å². The zero-order valence-corrected chi connectivity index (χ0v) is 10.8. The normalized spacial score (nSPS) is 35.7. The van der Waals surface area contributed by atoms with Crippen molar-refractivity contribution in [3.8, 4) is 0 Å². The summed E-state index contributed by atoms with van der Waals surface area (Å²) in [6, 6.07) is -0.366. The summed E-state index contributed by atoms with van der Waals surface area (Å²) in [5.74, 6) is -1.56. The Morgan fingerprint density at radius 3 is 2.72 bits per heavy atom. The van der Waals surface area contributed by atoms with Gasteiger partial charge in [-0.25, -0.2) is 0 Å². The summed E-state index contributed by atoms with van der Waals surface area (Å²) in [5.41, 5.74) is -0.555. The molecule has 2 N–H and O–H groups in total. The Kier molecular flexibility index (Phi) is 3.59. The molecular formula is C12H20N2O4. The van der Waals surface area contributed by atoms with Crippen LogP contribution in [-0.4, -0.2) is 60.3 Å². The van der Waals surface area contributed by atoms with E-state index in [1.807, 2.05) is 6.92 Å². The van der Waals surface area contributed by atoms with Crippen LogP contribution in [0.4, 0.5) is 0 Å². The number of hydrogen-bond donors (Lipinski definition) is 2. The molecule has 3 atom stereocenters. The fourth-order valence-corrected chi connectivity index (χ4v) is 2.78. The largest absolute Gasteiger partial charge is 0.481 e. The summed E-state index contributed by atoms with van der Waals surface area (Å²) in [6.45, 7) is 3.20. The van der Waals surface area contributed by atoms with Crippen LogP contribution in [0.3, 0.4) is 0 Å². The molecule has 0 aromatic heterocycles. The second-order valence-corrected chi connectivity index (χ2v) is 5.33. The van der Waals surface area contributed by atoms with Crippen LogP contribution in [0.25, 0.3) is 0 Å². The highest BCUT2D eigenvalue weighted by atomic mass is 16.5. The summed E-state index contributed by atoms with van der Waals surface area (Å²) < 4.78 is 5.20. The lowest BCUT2D eigenvalue weighted by molar-refractivity contribution is -0.146. The molecule has 0 radical (unpaired) electrons. The van der Waals surface area contributed by atoms with Crippen LogP contribution in [-0.2, 0) is 14.3 Å². The highest BCUT2D eigenvalue weighted by Gasteiger charge is 2.44. The maximum absolute atomic E-state index is 12.4. The highest BCUT2D eigenvalue weighted by molar-refractivity contribution is 5.87. The molecule has 0 aromatic carbocycles. The van der Waals surface area contributed by atoms with E-state index in [-0.39, 0.29) is 18.6 Å². The lowest BCUT2D eigenvalue weighted by Gasteiger charge is -2.33. The molecule has 2 rings (SSSR count). The second kappa shape index (κ2) is 4.85. The highest BCUT2D eigenvalue weighted by Crippen LogP contribution is 2.25. The first-order chi connectivity index (χ1) is 8.46. The SMILES string of the molecule is CN(C(=O)C1(C)CCCN1)C1COCC1C(=O)O. The third-order valence-electron chi connectivity index (χ3n) is 4.03. The lowest BCUT2D eigenvalue weighted by atomic mass is 9.95. The van der Waals surface area contributed by atoms with Gasteiger partial charge in [-0.15, -0.1) is 0 Å². The van der Waals surface area contributed by atoms with Crippen LogP contribution < -0.4 is 5.32 Å². The van der Waals surface area contributed by atoms with Crippen molar-refractivity contribution in [1.82, 2.24) is 10.2 Å². The van der Waals surface area contributed by atoms with Gasteiger partial charge < -0.3 is 20.1 Å². The zero-order valence-electron chi connectivity index (χ0n) is 10.8. The van der Waals surface area contributed by atoms with E-state index >= 15 is 0 Å². The van der Waals surface area contributed by atoms with Crippen molar-refractivity contribution in [3.63, 3.8) is 0 Å². The number of likely N-dealkylation sites (N-methyl/N-ethyl adjacent to an activating group) is 1. The molecule has 2 aliphatic rings. The molecule has 6 heteroatoms. The Morgan fingerprint density at radius 1 is 1.44 bits per heavy atom. The van der Waals surface area contributed by atoms with Crippen LogP contribution >= 0.6 is 0 Å². The van der Waals surface area contributed by atoms with Crippen molar-refractivity contribution in [2.45, 2.75) is 31.3 Å². The fourth-order valence-electron chi connectivity index (χ4n) is 2.78. The summed E-state index contributed by atoms with van der Waals surface area (Å²) in [5, 5.41) is 12.3. The number of carbonyl (C=O) groups excluding carboxylic acids is 1. The van der Waals surface area contributed by atoms with E-state index in [4.69, 9.17) is 9.84 Å². The minimum absolute atomic E-state index is 0.0400. The smallest absolute Gasteiger partial charge is 0.311 e. The van der Waals surface area contributed by atoms with Crippen LogP contribution in [0, 0.1) is 5.92 Å². The van der Waals surface area contributed by atoms with Gasteiger partial charge in [0, 0.05) is 7.05 Å². The molecule has 0 aliphatic carbocycles. The van der Waals surface area contributed by atoms with E-state index in [0.29, 0.717) is 6.61 Å². The van der Waals surface area contributed by atoms with Gasteiger partial charge in [0.05, 0.1) is 24.8 Å². The molecule has 2 saturated heterocycles. The molecule has 0 aromatic rings. The van der Waals surface area contributed by atoms with E-state index in [9.17, 15) is 9.59 Å². The molecule has 0 saturated carbocycles. The van der Waals surface area contributed by atoms with E-state index in [0.717, 1.165) is 19.4 Å². The van der Waals surface area contributed by atoms with Gasteiger partial charge in [0.15, 0.2) is 0 Å².